The van der Waals surface area contributed by atoms with E-state index in [9.17, 15) is 0 Å². The van der Waals surface area contributed by atoms with Crippen LogP contribution in [0.5, 0.6) is 11.5 Å². The van der Waals surface area contributed by atoms with Crippen molar-refractivity contribution in [1.82, 2.24) is 10.2 Å². The molecule has 1 fully saturated rings. The number of ether oxygens (including phenoxy) is 4. The molecule has 1 N–H and O–H groups in total. The van der Waals surface area contributed by atoms with Crippen LogP contribution in [0.2, 0.25) is 0 Å². The van der Waals surface area contributed by atoms with Crippen LogP contribution in [0.25, 0.3) is 0 Å². The van der Waals surface area contributed by atoms with Crippen molar-refractivity contribution < 1.29 is 18.9 Å². The maximum absolute atomic E-state index is 5.97. The van der Waals surface area contributed by atoms with E-state index in [1.807, 2.05) is 13.1 Å². The fourth-order valence-electron chi connectivity index (χ4n) is 3.68. The minimum atomic E-state index is -0.0989. The molecule has 0 aliphatic carbocycles. The molecule has 1 aromatic carbocycles. The van der Waals surface area contributed by atoms with Crippen molar-refractivity contribution in [2.45, 2.75) is 44.6 Å². The fraction of sp³-hybridized carbons (Fsp3) is 0.696. The summed E-state index contributed by atoms with van der Waals surface area (Å²) in [5, 5.41) is 3.57. The van der Waals surface area contributed by atoms with Gasteiger partial charge in [-0.15, -0.1) is 0 Å². The Hall–Kier alpha value is -1.99. The zero-order valence-electron chi connectivity index (χ0n) is 19.5. The number of piperidine rings is 1. The molecule has 0 bridgehead atoms. The van der Waals surface area contributed by atoms with Gasteiger partial charge in [-0.25, -0.2) is 0 Å². The van der Waals surface area contributed by atoms with Crippen molar-refractivity contribution in [2.75, 3.05) is 61.2 Å². The average Bonchev–Trinajstić information content (AvgIpc) is 2.77. The van der Waals surface area contributed by atoms with Gasteiger partial charge in [0, 0.05) is 52.4 Å². The number of guanidine groups is 1. The van der Waals surface area contributed by atoms with Crippen LogP contribution in [0.3, 0.4) is 0 Å². The van der Waals surface area contributed by atoms with Gasteiger partial charge in [0.25, 0.3) is 0 Å². The van der Waals surface area contributed by atoms with Crippen molar-refractivity contribution in [3.63, 3.8) is 0 Å². The Labute approximate surface area is 181 Å². The molecule has 1 saturated heterocycles. The van der Waals surface area contributed by atoms with Crippen LogP contribution < -0.4 is 14.8 Å². The van der Waals surface area contributed by atoms with Crippen molar-refractivity contribution >= 4 is 5.96 Å². The van der Waals surface area contributed by atoms with Gasteiger partial charge in [-0.2, -0.15) is 0 Å². The molecule has 1 heterocycles. The second-order valence-electron chi connectivity index (χ2n) is 8.26. The van der Waals surface area contributed by atoms with Gasteiger partial charge in [0.2, 0.25) is 0 Å². The van der Waals surface area contributed by atoms with E-state index in [-0.39, 0.29) is 5.41 Å². The van der Waals surface area contributed by atoms with Crippen LogP contribution in [-0.2, 0) is 14.9 Å². The van der Waals surface area contributed by atoms with E-state index in [1.54, 1.807) is 21.3 Å². The second kappa shape index (κ2) is 12.0. The van der Waals surface area contributed by atoms with Gasteiger partial charge in [0.1, 0.15) is 0 Å². The molecule has 0 unspecified atom stereocenters. The summed E-state index contributed by atoms with van der Waals surface area (Å²) >= 11 is 0. The molecule has 30 heavy (non-hydrogen) atoms. The smallest absolute Gasteiger partial charge is 0.193 e. The summed E-state index contributed by atoms with van der Waals surface area (Å²) in [4.78, 5) is 6.83. The van der Waals surface area contributed by atoms with Crippen molar-refractivity contribution in [2.24, 2.45) is 4.99 Å². The lowest BCUT2D eigenvalue weighted by atomic mass is 9.84. The third-order valence-corrected chi connectivity index (χ3v) is 5.65. The van der Waals surface area contributed by atoms with Gasteiger partial charge >= 0.3 is 0 Å². The number of nitrogens with one attached hydrogen (secondary N) is 1. The average molecular weight is 422 g/mol. The zero-order valence-corrected chi connectivity index (χ0v) is 19.5. The topological polar surface area (TPSA) is 64.6 Å². The number of rotatable bonds is 10. The van der Waals surface area contributed by atoms with Crippen LogP contribution >= 0.6 is 0 Å². The highest BCUT2D eigenvalue weighted by Gasteiger charge is 2.26. The first-order valence-electron chi connectivity index (χ1n) is 10.7. The summed E-state index contributed by atoms with van der Waals surface area (Å²) in [5.74, 6) is 2.44. The Morgan fingerprint density at radius 3 is 2.40 bits per heavy atom. The van der Waals surface area contributed by atoms with Crippen molar-refractivity contribution in [3.8, 4) is 11.5 Å². The third-order valence-electron chi connectivity index (χ3n) is 5.65. The van der Waals surface area contributed by atoms with Crippen LogP contribution in [0.1, 0.15) is 38.7 Å². The molecule has 0 atom stereocenters. The highest BCUT2D eigenvalue weighted by molar-refractivity contribution is 5.80. The van der Waals surface area contributed by atoms with Crippen LogP contribution in [-0.4, -0.2) is 78.2 Å². The largest absolute Gasteiger partial charge is 0.493 e. The van der Waals surface area contributed by atoms with Gasteiger partial charge in [-0.05, 0) is 37.0 Å². The Morgan fingerprint density at radius 2 is 1.80 bits per heavy atom. The minimum Gasteiger partial charge on any atom is -0.493 e. The van der Waals surface area contributed by atoms with Crippen molar-refractivity contribution in [3.05, 3.63) is 23.8 Å². The zero-order chi connectivity index (χ0) is 22.0. The molecule has 0 radical (unpaired) electrons. The van der Waals surface area contributed by atoms with Gasteiger partial charge in [0.05, 0.1) is 20.3 Å². The maximum Gasteiger partial charge on any atom is 0.193 e. The first-order chi connectivity index (χ1) is 14.4. The van der Waals surface area contributed by atoms with E-state index in [2.05, 4.69) is 41.2 Å². The van der Waals surface area contributed by atoms with E-state index in [1.165, 1.54) is 5.56 Å². The molecule has 170 valence electrons. The molecule has 1 aliphatic heterocycles. The Kier molecular flexibility index (Phi) is 9.72. The van der Waals surface area contributed by atoms with Gasteiger partial charge in [-0.1, -0.05) is 19.9 Å². The number of aliphatic imine (C=N–C) groups is 1. The first kappa shape index (κ1) is 24.3. The molecule has 7 heteroatoms. The number of hydrogen-bond donors (Lipinski definition) is 1. The SMILES string of the molecule is CN=C(NCC(C)(C)c1ccc(OC)c(OC)c1)N1CCC(OCCCOC)CC1. The summed E-state index contributed by atoms with van der Waals surface area (Å²) in [6.45, 7) is 8.62. The monoisotopic (exact) mass is 421 g/mol. The third kappa shape index (κ3) is 6.77. The lowest BCUT2D eigenvalue weighted by molar-refractivity contribution is 0.00987. The summed E-state index contributed by atoms with van der Waals surface area (Å²) in [5.41, 5.74) is 1.09. The standard InChI is InChI=1S/C23H39N3O4/c1-23(2,18-8-9-20(28-5)21(16-18)29-6)17-25-22(24-3)26-12-10-19(11-13-26)30-15-7-14-27-4/h8-9,16,19H,7,10-15,17H2,1-6H3,(H,24,25). The Balaban J connectivity index is 1.88. The summed E-state index contributed by atoms with van der Waals surface area (Å²) < 4.78 is 21.9. The van der Waals surface area contributed by atoms with Gasteiger partial charge < -0.3 is 29.2 Å². The Morgan fingerprint density at radius 1 is 1.10 bits per heavy atom. The maximum atomic E-state index is 5.97. The van der Waals surface area contributed by atoms with Crippen molar-refractivity contribution in [1.29, 1.82) is 0 Å². The first-order valence-corrected chi connectivity index (χ1v) is 10.7. The van der Waals surface area contributed by atoms with Gasteiger partial charge in [0.15, 0.2) is 17.5 Å². The Bertz CT molecular complexity index is 670. The highest BCUT2D eigenvalue weighted by atomic mass is 16.5. The van der Waals surface area contributed by atoms with Crippen LogP contribution in [0.4, 0.5) is 0 Å². The lowest BCUT2D eigenvalue weighted by Crippen LogP contribution is -2.49. The number of methoxy groups -OCH3 is 3. The van der Waals surface area contributed by atoms with Crippen LogP contribution in [0, 0.1) is 0 Å². The van der Waals surface area contributed by atoms with E-state index in [0.717, 1.165) is 69.6 Å². The molecular weight excluding hydrogens is 382 g/mol. The molecule has 2 rings (SSSR count). The number of nitrogens with zero attached hydrogens (tertiary/aromatic N) is 2. The summed E-state index contributed by atoms with van der Waals surface area (Å²) in [7, 11) is 6.89. The van der Waals surface area contributed by atoms with Crippen LogP contribution in [0.15, 0.2) is 23.2 Å². The van der Waals surface area contributed by atoms with E-state index >= 15 is 0 Å². The molecule has 0 aromatic heterocycles. The van der Waals surface area contributed by atoms with E-state index in [0.29, 0.717) is 6.10 Å². The fourth-order valence-corrected chi connectivity index (χ4v) is 3.68. The molecule has 1 aliphatic rings. The number of hydrogen-bond acceptors (Lipinski definition) is 5. The molecule has 0 spiro atoms. The quantitative estimate of drug-likeness (QED) is 0.356. The number of likely N-dealkylation sites (tertiary alicyclic amines) is 1. The molecule has 1 aromatic rings. The summed E-state index contributed by atoms with van der Waals surface area (Å²) in [6, 6.07) is 6.11. The second-order valence-corrected chi connectivity index (χ2v) is 8.26. The minimum absolute atomic E-state index is 0.0989. The molecule has 7 nitrogen and oxygen atoms in total. The van der Waals surface area contributed by atoms with E-state index < -0.39 is 0 Å². The highest BCUT2D eigenvalue weighted by Crippen LogP contribution is 2.33. The predicted molar refractivity (Wildman–Crippen MR) is 121 cm³/mol. The predicted octanol–water partition coefficient (Wildman–Crippen LogP) is 3.07. The normalized spacial score (nSPS) is 15.9. The van der Waals surface area contributed by atoms with Gasteiger partial charge in [-0.3, -0.25) is 4.99 Å². The summed E-state index contributed by atoms with van der Waals surface area (Å²) in [6.07, 6.45) is 3.32. The van der Waals surface area contributed by atoms with E-state index in [4.69, 9.17) is 18.9 Å². The number of benzene rings is 1. The molecule has 0 amide bonds. The lowest BCUT2D eigenvalue weighted by Gasteiger charge is -2.35. The molecular formula is C23H39N3O4. The molecule has 0 saturated carbocycles.